The Bertz CT molecular complexity index is 366. The van der Waals surface area contributed by atoms with Crippen LogP contribution < -0.4 is 11.1 Å². The predicted molar refractivity (Wildman–Crippen MR) is 58.0 cm³/mol. The number of nitrogens with one attached hydrogen (secondary N) is 1. The summed E-state index contributed by atoms with van der Waals surface area (Å²) in [4.78, 5) is 11.4. The number of benzene rings is 1. The van der Waals surface area contributed by atoms with E-state index in [0.29, 0.717) is 6.42 Å². The Morgan fingerprint density at radius 3 is 2.87 bits per heavy atom. The molecule has 3 N–H and O–H groups in total. The molecule has 0 unspecified atom stereocenters. The highest BCUT2D eigenvalue weighted by atomic mass is 19.1. The number of aryl methyl sites for hydroxylation is 1. The highest BCUT2D eigenvalue weighted by Gasteiger charge is 2.12. The number of carbonyl (C=O) groups is 1. The van der Waals surface area contributed by atoms with Crippen LogP contribution in [0.25, 0.3) is 0 Å². The lowest BCUT2D eigenvalue weighted by Gasteiger charge is -2.11. The largest absolute Gasteiger partial charge is 0.322 e. The fourth-order valence-electron chi connectivity index (χ4n) is 1.15. The Morgan fingerprint density at radius 2 is 2.27 bits per heavy atom. The highest BCUT2D eigenvalue weighted by Crippen LogP contribution is 2.15. The summed E-state index contributed by atoms with van der Waals surface area (Å²) >= 11 is 0. The van der Waals surface area contributed by atoms with Crippen LogP contribution in [0.1, 0.15) is 18.9 Å². The first-order chi connectivity index (χ1) is 7.04. The Hall–Kier alpha value is -1.42. The molecular formula is C11H15FN2O. The molecule has 4 heteroatoms. The van der Waals surface area contributed by atoms with E-state index in [9.17, 15) is 9.18 Å². The van der Waals surface area contributed by atoms with Gasteiger partial charge in [0.25, 0.3) is 0 Å². The fourth-order valence-corrected chi connectivity index (χ4v) is 1.15. The molecule has 82 valence electrons. The molecule has 0 aliphatic heterocycles. The van der Waals surface area contributed by atoms with E-state index in [2.05, 4.69) is 5.32 Å². The van der Waals surface area contributed by atoms with Crippen LogP contribution in [0.5, 0.6) is 0 Å². The van der Waals surface area contributed by atoms with Crippen molar-refractivity contribution < 1.29 is 9.18 Å². The summed E-state index contributed by atoms with van der Waals surface area (Å²) in [5.74, 6) is -0.806. The van der Waals surface area contributed by atoms with Gasteiger partial charge in [0.2, 0.25) is 5.91 Å². The predicted octanol–water partition coefficient (Wildman–Crippen LogP) is 1.81. The van der Waals surface area contributed by atoms with Crippen molar-refractivity contribution in [1.29, 1.82) is 0 Å². The van der Waals surface area contributed by atoms with E-state index in [1.165, 1.54) is 6.07 Å². The Labute approximate surface area is 88.5 Å². The molecular weight excluding hydrogens is 195 g/mol. The summed E-state index contributed by atoms with van der Waals surface area (Å²) in [6.45, 7) is 3.63. The second-order valence-electron chi connectivity index (χ2n) is 3.49. The molecule has 1 aromatic carbocycles. The van der Waals surface area contributed by atoms with Gasteiger partial charge in [-0.05, 0) is 31.0 Å². The lowest BCUT2D eigenvalue weighted by atomic mass is 10.2. The lowest BCUT2D eigenvalue weighted by molar-refractivity contribution is -0.117. The third-order valence-corrected chi connectivity index (χ3v) is 2.16. The number of anilines is 1. The number of halogens is 1. The van der Waals surface area contributed by atoms with Gasteiger partial charge in [-0.2, -0.15) is 0 Å². The number of amides is 1. The molecule has 0 spiro atoms. The monoisotopic (exact) mass is 210 g/mol. The van der Waals surface area contributed by atoms with Gasteiger partial charge in [-0.15, -0.1) is 0 Å². The fraction of sp³-hybridized carbons (Fsp3) is 0.364. The van der Waals surface area contributed by atoms with Crippen LogP contribution in [0.2, 0.25) is 0 Å². The van der Waals surface area contributed by atoms with Crippen LogP contribution in [0.3, 0.4) is 0 Å². The molecule has 3 nitrogen and oxygen atoms in total. The number of rotatable bonds is 3. The van der Waals surface area contributed by atoms with Gasteiger partial charge < -0.3 is 11.1 Å². The lowest BCUT2D eigenvalue weighted by Crippen LogP contribution is -2.35. The highest BCUT2D eigenvalue weighted by molar-refractivity contribution is 5.94. The normalized spacial score (nSPS) is 12.3. The molecule has 0 saturated carbocycles. The van der Waals surface area contributed by atoms with Crippen molar-refractivity contribution in [3.8, 4) is 0 Å². The zero-order valence-corrected chi connectivity index (χ0v) is 8.88. The van der Waals surface area contributed by atoms with Crippen LogP contribution in [0.4, 0.5) is 10.1 Å². The molecule has 1 aromatic rings. The molecule has 0 bridgehead atoms. The number of hydrogen-bond donors (Lipinski definition) is 2. The second kappa shape index (κ2) is 4.89. The van der Waals surface area contributed by atoms with Gasteiger partial charge in [-0.25, -0.2) is 4.39 Å². The number of nitrogens with two attached hydrogens (primary N) is 1. The van der Waals surface area contributed by atoms with E-state index in [1.807, 2.05) is 6.92 Å². The summed E-state index contributed by atoms with van der Waals surface area (Å²) < 4.78 is 13.2. The molecule has 1 amide bonds. The van der Waals surface area contributed by atoms with E-state index < -0.39 is 11.9 Å². The topological polar surface area (TPSA) is 55.1 Å². The molecule has 0 saturated heterocycles. The summed E-state index contributed by atoms with van der Waals surface area (Å²) in [6.07, 6.45) is 0.527. The van der Waals surface area contributed by atoms with Crippen molar-refractivity contribution in [3.05, 3.63) is 29.6 Å². The molecule has 1 atom stereocenters. The van der Waals surface area contributed by atoms with Crippen molar-refractivity contribution in [2.24, 2.45) is 5.73 Å². The maximum Gasteiger partial charge on any atom is 0.241 e. The van der Waals surface area contributed by atoms with Gasteiger partial charge in [-0.1, -0.05) is 13.0 Å². The number of carbonyl (C=O) groups excluding carboxylic acids is 1. The molecule has 0 fully saturated rings. The van der Waals surface area contributed by atoms with Gasteiger partial charge in [0, 0.05) is 0 Å². The molecule has 0 radical (unpaired) electrons. The van der Waals surface area contributed by atoms with Crippen LogP contribution >= 0.6 is 0 Å². The second-order valence-corrected chi connectivity index (χ2v) is 3.49. The zero-order valence-electron chi connectivity index (χ0n) is 8.88. The van der Waals surface area contributed by atoms with Crippen LogP contribution in [-0.4, -0.2) is 11.9 Å². The van der Waals surface area contributed by atoms with Gasteiger partial charge >= 0.3 is 0 Å². The van der Waals surface area contributed by atoms with Gasteiger partial charge in [0.05, 0.1) is 11.7 Å². The van der Waals surface area contributed by atoms with E-state index >= 15 is 0 Å². The summed E-state index contributed by atoms with van der Waals surface area (Å²) in [6, 6.07) is 3.95. The third-order valence-electron chi connectivity index (χ3n) is 2.16. The SMILES string of the molecule is CC[C@H](N)C(=O)Nc1cc(C)ccc1F. The quantitative estimate of drug-likeness (QED) is 0.799. The Kier molecular flexibility index (Phi) is 3.80. The average molecular weight is 210 g/mol. The van der Waals surface area contributed by atoms with Gasteiger partial charge in [0.15, 0.2) is 0 Å². The summed E-state index contributed by atoms with van der Waals surface area (Å²) in [7, 11) is 0. The minimum atomic E-state index is -0.593. The molecule has 0 aromatic heterocycles. The van der Waals surface area contributed by atoms with Crippen LogP contribution in [-0.2, 0) is 4.79 Å². The van der Waals surface area contributed by atoms with Crippen molar-refractivity contribution in [2.45, 2.75) is 26.3 Å². The molecule has 15 heavy (non-hydrogen) atoms. The summed E-state index contributed by atoms with van der Waals surface area (Å²) in [5, 5.41) is 2.46. The first-order valence-electron chi connectivity index (χ1n) is 4.87. The van der Waals surface area contributed by atoms with E-state index in [4.69, 9.17) is 5.73 Å². The minimum Gasteiger partial charge on any atom is -0.322 e. The zero-order chi connectivity index (χ0) is 11.4. The first-order valence-corrected chi connectivity index (χ1v) is 4.87. The van der Waals surface area contributed by atoms with Gasteiger partial charge in [-0.3, -0.25) is 4.79 Å². The van der Waals surface area contributed by atoms with Crippen LogP contribution in [0, 0.1) is 12.7 Å². The summed E-state index contributed by atoms with van der Waals surface area (Å²) in [5.41, 5.74) is 6.59. The molecule has 0 heterocycles. The Balaban J connectivity index is 2.80. The molecule has 1 rings (SSSR count). The average Bonchev–Trinajstić information content (AvgIpc) is 2.22. The Morgan fingerprint density at radius 1 is 1.60 bits per heavy atom. The van der Waals surface area contributed by atoms with Crippen molar-refractivity contribution in [2.75, 3.05) is 5.32 Å². The minimum absolute atomic E-state index is 0.184. The standard InChI is InChI=1S/C11H15FN2O/c1-3-9(13)11(15)14-10-6-7(2)4-5-8(10)12/h4-6,9H,3,13H2,1-2H3,(H,14,15)/t9-/m0/s1. The van der Waals surface area contributed by atoms with Gasteiger partial charge in [0.1, 0.15) is 5.82 Å². The van der Waals surface area contributed by atoms with E-state index in [1.54, 1.807) is 19.1 Å². The van der Waals surface area contributed by atoms with E-state index in [-0.39, 0.29) is 11.6 Å². The van der Waals surface area contributed by atoms with Crippen LogP contribution in [0.15, 0.2) is 18.2 Å². The first kappa shape index (κ1) is 11.7. The van der Waals surface area contributed by atoms with Crippen molar-refractivity contribution in [1.82, 2.24) is 0 Å². The smallest absolute Gasteiger partial charge is 0.241 e. The van der Waals surface area contributed by atoms with E-state index in [0.717, 1.165) is 5.56 Å². The van der Waals surface area contributed by atoms with Crippen molar-refractivity contribution in [3.63, 3.8) is 0 Å². The third kappa shape index (κ3) is 3.02. The maximum absolute atomic E-state index is 13.2. The molecule has 0 aliphatic carbocycles. The molecule has 0 aliphatic rings. The van der Waals surface area contributed by atoms with Crippen molar-refractivity contribution >= 4 is 11.6 Å². The number of hydrogen-bond acceptors (Lipinski definition) is 2. The maximum atomic E-state index is 13.2.